The van der Waals surface area contributed by atoms with Gasteiger partial charge >= 0.3 is 0 Å². The normalized spacial score (nSPS) is 14.6. The zero-order valence-electron chi connectivity index (χ0n) is 10.4. The third-order valence-electron chi connectivity index (χ3n) is 2.97. The fourth-order valence-electron chi connectivity index (χ4n) is 1.74. The molecule has 2 heterocycles. The number of pyridine rings is 1. The van der Waals surface area contributed by atoms with Crippen LogP contribution in [0.25, 0.3) is 0 Å². The van der Waals surface area contributed by atoms with Crippen LogP contribution >= 0.6 is 22.9 Å². The molecule has 0 saturated heterocycles. The molecule has 1 fully saturated rings. The SMILES string of the molecule is Clc1ccc(OCc2cccs2)nc1CNC1CC1. The van der Waals surface area contributed by atoms with Crippen LogP contribution in [0.2, 0.25) is 5.02 Å². The van der Waals surface area contributed by atoms with Crippen molar-refractivity contribution in [1.29, 1.82) is 0 Å². The lowest BCUT2D eigenvalue weighted by Gasteiger charge is -2.08. The molecule has 0 aromatic carbocycles. The first-order valence-electron chi connectivity index (χ1n) is 6.35. The first-order valence-corrected chi connectivity index (χ1v) is 7.61. The molecule has 1 aliphatic rings. The molecule has 1 saturated carbocycles. The van der Waals surface area contributed by atoms with Crippen LogP contribution in [0.3, 0.4) is 0 Å². The fourth-order valence-corrected chi connectivity index (χ4v) is 2.53. The van der Waals surface area contributed by atoms with Crippen molar-refractivity contribution < 1.29 is 4.74 Å². The number of rotatable bonds is 6. The van der Waals surface area contributed by atoms with E-state index in [1.807, 2.05) is 23.6 Å². The zero-order chi connectivity index (χ0) is 13.1. The number of hydrogen-bond acceptors (Lipinski definition) is 4. The minimum Gasteiger partial charge on any atom is -0.472 e. The molecule has 0 unspecified atom stereocenters. The van der Waals surface area contributed by atoms with Gasteiger partial charge in [0.15, 0.2) is 0 Å². The van der Waals surface area contributed by atoms with E-state index in [1.165, 1.54) is 17.7 Å². The highest BCUT2D eigenvalue weighted by Gasteiger charge is 2.20. The third kappa shape index (κ3) is 3.69. The summed E-state index contributed by atoms with van der Waals surface area (Å²) in [7, 11) is 0. The highest BCUT2D eigenvalue weighted by atomic mass is 35.5. The Morgan fingerprint density at radius 2 is 2.26 bits per heavy atom. The highest BCUT2D eigenvalue weighted by Crippen LogP contribution is 2.22. The first kappa shape index (κ1) is 12.9. The quantitative estimate of drug-likeness (QED) is 0.883. The van der Waals surface area contributed by atoms with E-state index in [0.29, 0.717) is 30.1 Å². The highest BCUT2D eigenvalue weighted by molar-refractivity contribution is 7.09. The van der Waals surface area contributed by atoms with E-state index in [2.05, 4.69) is 16.4 Å². The fraction of sp³-hybridized carbons (Fsp3) is 0.357. The summed E-state index contributed by atoms with van der Waals surface area (Å²) >= 11 is 7.82. The van der Waals surface area contributed by atoms with Gasteiger partial charge in [-0.05, 0) is 30.4 Å². The summed E-state index contributed by atoms with van der Waals surface area (Å²) < 4.78 is 5.68. The van der Waals surface area contributed by atoms with Crippen molar-refractivity contribution >= 4 is 22.9 Å². The van der Waals surface area contributed by atoms with Crippen LogP contribution in [-0.2, 0) is 13.2 Å². The molecular weight excluding hydrogens is 280 g/mol. The van der Waals surface area contributed by atoms with E-state index >= 15 is 0 Å². The Hall–Kier alpha value is -1.10. The largest absolute Gasteiger partial charge is 0.472 e. The monoisotopic (exact) mass is 294 g/mol. The number of ether oxygens (including phenoxy) is 1. The molecule has 0 spiro atoms. The minimum atomic E-state index is 0.557. The molecule has 1 aliphatic carbocycles. The topological polar surface area (TPSA) is 34.1 Å². The Morgan fingerprint density at radius 1 is 1.37 bits per heavy atom. The van der Waals surface area contributed by atoms with Crippen LogP contribution < -0.4 is 10.1 Å². The number of thiophene rings is 1. The van der Waals surface area contributed by atoms with Gasteiger partial charge in [0.1, 0.15) is 6.61 Å². The molecule has 3 nitrogen and oxygen atoms in total. The second-order valence-corrected chi connectivity index (χ2v) is 6.04. The smallest absolute Gasteiger partial charge is 0.213 e. The lowest BCUT2D eigenvalue weighted by atomic mass is 10.3. The van der Waals surface area contributed by atoms with E-state index in [9.17, 15) is 0 Å². The van der Waals surface area contributed by atoms with E-state index in [-0.39, 0.29) is 0 Å². The van der Waals surface area contributed by atoms with Gasteiger partial charge in [-0.3, -0.25) is 0 Å². The summed E-state index contributed by atoms with van der Waals surface area (Å²) in [6, 6.07) is 8.38. The summed E-state index contributed by atoms with van der Waals surface area (Å²) in [6.45, 7) is 1.27. The predicted molar refractivity (Wildman–Crippen MR) is 77.8 cm³/mol. The Kier molecular flexibility index (Phi) is 4.01. The van der Waals surface area contributed by atoms with E-state index in [4.69, 9.17) is 16.3 Å². The maximum atomic E-state index is 6.14. The summed E-state index contributed by atoms with van der Waals surface area (Å²) in [5.41, 5.74) is 0.859. The van der Waals surface area contributed by atoms with Gasteiger partial charge in [0.2, 0.25) is 5.88 Å². The molecule has 2 aromatic heterocycles. The Morgan fingerprint density at radius 3 is 3.00 bits per heavy atom. The molecule has 0 aliphatic heterocycles. The average Bonchev–Trinajstić information content (AvgIpc) is 3.10. The van der Waals surface area contributed by atoms with E-state index in [0.717, 1.165) is 5.69 Å². The summed E-state index contributed by atoms with van der Waals surface area (Å²) in [6.07, 6.45) is 2.51. The molecule has 3 rings (SSSR count). The van der Waals surface area contributed by atoms with Crippen molar-refractivity contribution in [2.75, 3.05) is 0 Å². The maximum Gasteiger partial charge on any atom is 0.213 e. The van der Waals surface area contributed by atoms with Crippen molar-refractivity contribution in [3.05, 3.63) is 45.2 Å². The Labute approximate surface area is 121 Å². The van der Waals surface area contributed by atoms with Gasteiger partial charge in [0, 0.05) is 23.5 Å². The van der Waals surface area contributed by atoms with Gasteiger partial charge in [0.25, 0.3) is 0 Å². The molecule has 5 heteroatoms. The van der Waals surface area contributed by atoms with Crippen molar-refractivity contribution in [2.24, 2.45) is 0 Å². The second-order valence-electron chi connectivity index (χ2n) is 4.60. The molecule has 0 amide bonds. The van der Waals surface area contributed by atoms with E-state index in [1.54, 1.807) is 11.3 Å². The van der Waals surface area contributed by atoms with Crippen molar-refractivity contribution in [2.45, 2.75) is 32.0 Å². The van der Waals surface area contributed by atoms with Crippen LogP contribution in [0.15, 0.2) is 29.6 Å². The maximum absolute atomic E-state index is 6.14. The van der Waals surface area contributed by atoms with Gasteiger partial charge in [-0.25, -0.2) is 4.98 Å². The minimum absolute atomic E-state index is 0.557. The van der Waals surface area contributed by atoms with Gasteiger partial charge in [0.05, 0.1) is 10.7 Å². The van der Waals surface area contributed by atoms with Crippen LogP contribution in [0.1, 0.15) is 23.4 Å². The van der Waals surface area contributed by atoms with Crippen LogP contribution in [0, 0.1) is 0 Å². The first-order chi connectivity index (χ1) is 9.31. The van der Waals surface area contributed by atoms with Crippen molar-refractivity contribution in [1.82, 2.24) is 10.3 Å². The number of hydrogen-bond donors (Lipinski definition) is 1. The lowest BCUT2D eigenvalue weighted by molar-refractivity contribution is 0.296. The number of halogens is 1. The molecule has 2 aromatic rings. The third-order valence-corrected chi connectivity index (χ3v) is 4.17. The van der Waals surface area contributed by atoms with Crippen molar-refractivity contribution in [3.8, 4) is 5.88 Å². The molecule has 0 atom stereocenters. The number of aromatic nitrogens is 1. The number of nitrogens with zero attached hydrogens (tertiary/aromatic N) is 1. The standard InChI is InChI=1S/C14H15ClN2OS/c15-12-5-6-14(18-9-11-2-1-7-19-11)17-13(12)8-16-10-3-4-10/h1-2,5-7,10,16H,3-4,8-9H2. The molecule has 19 heavy (non-hydrogen) atoms. The predicted octanol–water partition coefficient (Wildman–Crippen LogP) is 3.63. The Bertz CT molecular complexity index is 540. The van der Waals surface area contributed by atoms with Gasteiger partial charge in [-0.1, -0.05) is 17.7 Å². The van der Waals surface area contributed by atoms with Crippen LogP contribution in [0.4, 0.5) is 0 Å². The molecule has 0 bridgehead atoms. The second kappa shape index (κ2) is 5.90. The summed E-state index contributed by atoms with van der Waals surface area (Å²) in [5.74, 6) is 0.630. The average molecular weight is 295 g/mol. The van der Waals surface area contributed by atoms with Crippen molar-refractivity contribution in [3.63, 3.8) is 0 Å². The number of nitrogens with one attached hydrogen (secondary N) is 1. The van der Waals surface area contributed by atoms with Crippen LogP contribution in [-0.4, -0.2) is 11.0 Å². The molecule has 100 valence electrons. The molecular formula is C14H15ClN2OS. The van der Waals surface area contributed by atoms with Crippen LogP contribution in [0.5, 0.6) is 5.88 Å². The summed E-state index contributed by atoms with van der Waals surface area (Å²) in [5, 5.41) is 6.14. The molecule has 0 radical (unpaired) electrons. The Balaban J connectivity index is 1.62. The van der Waals surface area contributed by atoms with E-state index < -0.39 is 0 Å². The van der Waals surface area contributed by atoms with Gasteiger partial charge in [-0.15, -0.1) is 11.3 Å². The zero-order valence-corrected chi connectivity index (χ0v) is 12.0. The lowest BCUT2D eigenvalue weighted by Crippen LogP contribution is -2.16. The molecule has 1 N–H and O–H groups in total. The van der Waals surface area contributed by atoms with Gasteiger partial charge in [-0.2, -0.15) is 0 Å². The summed E-state index contributed by atoms with van der Waals surface area (Å²) in [4.78, 5) is 5.65. The van der Waals surface area contributed by atoms with Gasteiger partial charge < -0.3 is 10.1 Å².